The first-order valence-corrected chi connectivity index (χ1v) is 10.4. The number of anilines is 1. The molecule has 1 saturated heterocycles. The molecule has 2 amide bonds. The molecule has 0 radical (unpaired) electrons. The number of halogens is 1. The number of ether oxygens (including phenoxy) is 1. The second-order valence-electron chi connectivity index (χ2n) is 7.62. The molecule has 1 aliphatic heterocycles. The van der Waals surface area contributed by atoms with Crippen LogP contribution < -0.4 is 10.9 Å². The minimum absolute atomic E-state index is 0.0307. The Morgan fingerprint density at radius 1 is 1.27 bits per heavy atom. The standard InChI is InChI=1S/C23H24ClN3O3/c1-15-5-2-6-16-11-17(22(28)26-21(15)16)13-27(14-20-9-4-10-30-20)23(29)25-19-8-3-7-18(24)12-19/h2-3,5-8,11-12,20H,4,9-10,13-14H2,1H3,(H,25,29)(H,26,28)/t20-/m0/s1. The number of nitrogens with one attached hydrogen (secondary N) is 2. The zero-order chi connectivity index (χ0) is 21.1. The van der Waals surface area contributed by atoms with E-state index >= 15 is 0 Å². The molecule has 156 valence electrons. The van der Waals surface area contributed by atoms with Gasteiger partial charge in [0.25, 0.3) is 5.56 Å². The lowest BCUT2D eigenvalue weighted by Crippen LogP contribution is -2.40. The van der Waals surface area contributed by atoms with E-state index in [-0.39, 0.29) is 24.2 Å². The van der Waals surface area contributed by atoms with Gasteiger partial charge in [0.1, 0.15) is 0 Å². The number of carbonyl (C=O) groups is 1. The van der Waals surface area contributed by atoms with Crippen molar-refractivity contribution in [1.29, 1.82) is 0 Å². The number of aromatic amines is 1. The fourth-order valence-corrected chi connectivity index (χ4v) is 3.96. The maximum atomic E-state index is 13.0. The van der Waals surface area contributed by atoms with Gasteiger partial charge in [-0.3, -0.25) is 4.79 Å². The Balaban J connectivity index is 1.60. The van der Waals surface area contributed by atoms with Crippen LogP contribution in [0, 0.1) is 6.92 Å². The van der Waals surface area contributed by atoms with E-state index in [9.17, 15) is 9.59 Å². The van der Waals surface area contributed by atoms with Crippen molar-refractivity contribution in [3.05, 3.63) is 75.0 Å². The van der Waals surface area contributed by atoms with Crippen molar-refractivity contribution in [1.82, 2.24) is 9.88 Å². The Bertz CT molecular complexity index is 1120. The molecule has 1 aromatic heterocycles. The van der Waals surface area contributed by atoms with Gasteiger partial charge >= 0.3 is 6.03 Å². The molecule has 1 aliphatic rings. The zero-order valence-electron chi connectivity index (χ0n) is 16.8. The van der Waals surface area contributed by atoms with Crippen LogP contribution in [0.2, 0.25) is 5.02 Å². The van der Waals surface area contributed by atoms with Gasteiger partial charge in [-0.05, 0) is 55.0 Å². The molecule has 2 N–H and O–H groups in total. The molecule has 3 aromatic rings. The molecule has 0 spiro atoms. The van der Waals surface area contributed by atoms with Crippen LogP contribution >= 0.6 is 11.6 Å². The van der Waals surface area contributed by atoms with E-state index in [1.165, 1.54) is 0 Å². The summed E-state index contributed by atoms with van der Waals surface area (Å²) < 4.78 is 5.73. The van der Waals surface area contributed by atoms with Gasteiger partial charge in [0.15, 0.2) is 0 Å². The summed E-state index contributed by atoms with van der Waals surface area (Å²) in [5, 5.41) is 4.36. The Morgan fingerprint density at radius 3 is 2.87 bits per heavy atom. The van der Waals surface area contributed by atoms with Crippen molar-refractivity contribution >= 4 is 34.2 Å². The molecule has 0 aliphatic carbocycles. The fourth-order valence-electron chi connectivity index (χ4n) is 3.77. The Morgan fingerprint density at radius 2 is 2.10 bits per heavy atom. The number of nitrogens with zero attached hydrogens (tertiary/aromatic N) is 1. The molecule has 1 fully saturated rings. The average Bonchev–Trinajstić information content (AvgIpc) is 3.22. The quantitative estimate of drug-likeness (QED) is 0.622. The average molecular weight is 426 g/mol. The van der Waals surface area contributed by atoms with E-state index in [1.807, 2.05) is 31.2 Å². The highest BCUT2D eigenvalue weighted by Crippen LogP contribution is 2.20. The van der Waals surface area contributed by atoms with Gasteiger partial charge in [0.05, 0.1) is 18.2 Å². The van der Waals surface area contributed by atoms with E-state index < -0.39 is 0 Å². The summed E-state index contributed by atoms with van der Waals surface area (Å²) in [7, 11) is 0. The number of pyridine rings is 1. The molecule has 1 atom stereocenters. The molecule has 30 heavy (non-hydrogen) atoms. The molecule has 0 saturated carbocycles. The Labute approximate surface area is 179 Å². The summed E-state index contributed by atoms with van der Waals surface area (Å²) >= 11 is 6.03. The van der Waals surface area contributed by atoms with Gasteiger partial charge in [0.2, 0.25) is 0 Å². The largest absolute Gasteiger partial charge is 0.376 e. The highest BCUT2D eigenvalue weighted by atomic mass is 35.5. The highest BCUT2D eigenvalue weighted by Gasteiger charge is 2.24. The number of hydrogen-bond donors (Lipinski definition) is 2. The summed E-state index contributed by atoms with van der Waals surface area (Å²) in [4.78, 5) is 30.4. The third-order valence-electron chi connectivity index (χ3n) is 5.34. The predicted octanol–water partition coefficient (Wildman–Crippen LogP) is 4.70. The van der Waals surface area contributed by atoms with Gasteiger partial charge in [-0.15, -0.1) is 0 Å². The topological polar surface area (TPSA) is 74.4 Å². The summed E-state index contributed by atoms with van der Waals surface area (Å²) in [5.74, 6) is 0. The lowest BCUT2D eigenvalue weighted by molar-refractivity contribution is 0.0818. The van der Waals surface area contributed by atoms with Gasteiger partial charge in [-0.1, -0.05) is 35.9 Å². The number of fused-ring (bicyclic) bond motifs is 1. The molecule has 6 nitrogen and oxygen atoms in total. The zero-order valence-corrected chi connectivity index (χ0v) is 17.5. The van der Waals surface area contributed by atoms with E-state index in [0.29, 0.717) is 29.4 Å². The van der Waals surface area contributed by atoms with Crippen LogP contribution in [-0.2, 0) is 11.3 Å². The fraction of sp³-hybridized carbons (Fsp3) is 0.304. The third kappa shape index (κ3) is 4.66. The van der Waals surface area contributed by atoms with Crippen molar-refractivity contribution in [2.45, 2.75) is 32.4 Å². The lowest BCUT2D eigenvalue weighted by atomic mass is 10.1. The molecule has 4 rings (SSSR count). The smallest absolute Gasteiger partial charge is 0.322 e. The number of aromatic nitrogens is 1. The number of H-pyrrole nitrogens is 1. The number of carbonyl (C=O) groups excluding carboxylic acids is 1. The number of urea groups is 1. The Kier molecular flexibility index (Phi) is 6.06. The molecular weight excluding hydrogens is 402 g/mol. The van der Waals surface area contributed by atoms with E-state index in [4.69, 9.17) is 16.3 Å². The molecular formula is C23H24ClN3O3. The highest BCUT2D eigenvalue weighted by molar-refractivity contribution is 6.30. The SMILES string of the molecule is Cc1cccc2cc(CN(C[C@@H]3CCCO3)C(=O)Nc3cccc(Cl)c3)c(=O)[nH]c12. The van der Waals surface area contributed by atoms with Crippen molar-refractivity contribution in [3.63, 3.8) is 0 Å². The normalized spacial score (nSPS) is 16.0. The molecule has 2 aromatic carbocycles. The maximum Gasteiger partial charge on any atom is 0.322 e. The van der Waals surface area contributed by atoms with Crippen molar-refractivity contribution in [2.75, 3.05) is 18.5 Å². The van der Waals surface area contributed by atoms with Gasteiger partial charge in [-0.25, -0.2) is 4.79 Å². The van der Waals surface area contributed by atoms with Crippen LogP contribution in [0.5, 0.6) is 0 Å². The van der Waals surface area contributed by atoms with Crippen LogP contribution in [0.25, 0.3) is 10.9 Å². The van der Waals surface area contributed by atoms with Gasteiger partial charge in [-0.2, -0.15) is 0 Å². The minimum Gasteiger partial charge on any atom is -0.376 e. The van der Waals surface area contributed by atoms with Crippen LogP contribution in [0.4, 0.5) is 10.5 Å². The molecule has 2 heterocycles. The van der Waals surface area contributed by atoms with Crippen molar-refractivity contribution in [3.8, 4) is 0 Å². The van der Waals surface area contributed by atoms with E-state index in [0.717, 1.165) is 29.3 Å². The lowest BCUT2D eigenvalue weighted by Gasteiger charge is -2.26. The summed E-state index contributed by atoms with van der Waals surface area (Å²) in [6.45, 7) is 3.26. The second kappa shape index (κ2) is 8.90. The summed E-state index contributed by atoms with van der Waals surface area (Å²) in [5.41, 5.74) is 2.77. The van der Waals surface area contributed by atoms with Crippen molar-refractivity contribution in [2.24, 2.45) is 0 Å². The second-order valence-corrected chi connectivity index (χ2v) is 8.06. The number of rotatable bonds is 5. The Hall–Kier alpha value is -2.83. The van der Waals surface area contributed by atoms with Crippen LogP contribution in [0.15, 0.2) is 53.3 Å². The van der Waals surface area contributed by atoms with Crippen molar-refractivity contribution < 1.29 is 9.53 Å². The number of aryl methyl sites for hydroxylation is 1. The van der Waals surface area contributed by atoms with Crippen LogP contribution in [0.3, 0.4) is 0 Å². The molecule has 0 unspecified atom stereocenters. The molecule has 0 bridgehead atoms. The van der Waals surface area contributed by atoms with Crippen LogP contribution in [0.1, 0.15) is 24.0 Å². The number of hydrogen-bond acceptors (Lipinski definition) is 3. The first kappa shape index (κ1) is 20.4. The first-order chi connectivity index (χ1) is 14.5. The van der Waals surface area contributed by atoms with E-state index in [2.05, 4.69) is 10.3 Å². The number of para-hydroxylation sites is 1. The minimum atomic E-state index is -0.295. The van der Waals surface area contributed by atoms with E-state index in [1.54, 1.807) is 29.2 Å². The first-order valence-electron chi connectivity index (χ1n) is 10.0. The number of benzene rings is 2. The monoisotopic (exact) mass is 425 g/mol. The summed E-state index contributed by atoms with van der Waals surface area (Å²) in [6, 6.07) is 14.4. The molecule has 7 heteroatoms. The van der Waals surface area contributed by atoms with Gasteiger partial charge in [0, 0.05) is 29.4 Å². The predicted molar refractivity (Wildman–Crippen MR) is 119 cm³/mol. The van der Waals surface area contributed by atoms with Gasteiger partial charge < -0.3 is 19.9 Å². The maximum absolute atomic E-state index is 13.0. The third-order valence-corrected chi connectivity index (χ3v) is 5.57. The number of amides is 2. The summed E-state index contributed by atoms with van der Waals surface area (Å²) in [6.07, 6.45) is 1.84. The van der Waals surface area contributed by atoms with Crippen LogP contribution in [-0.4, -0.2) is 35.2 Å².